The molecule has 1 aliphatic rings. The predicted octanol–water partition coefficient (Wildman–Crippen LogP) is 3.69. The van der Waals surface area contributed by atoms with Crippen molar-refractivity contribution < 1.29 is 4.74 Å². The lowest BCUT2D eigenvalue weighted by Crippen LogP contribution is -2.43. The highest BCUT2D eigenvalue weighted by Crippen LogP contribution is 2.34. The van der Waals surface area contributed by atoms with Crippen LogP contribution in [0.2, 0.25) is 0 Å². The molecule has 0 saturated carbocycles. The fourth-order valence-electron chi connectivity index (χ4n) is 3.46. The third-order valence-electron chi connectivity index (χ3n) is 4.54. The lowest BCUT2D eigenvalue weighted by Gasteiger charge is -2.39. The maximum absolute atomic E-state index is 6.09. The van der Waals surface area contributed by atoms with E-state index < -0.39 is 0 Å². The van der Waals surface area contributed by atoms with Crippen LogP contribution in [0, 0.1) is 18.3 Å². The van der Waals surface area contributed by atoms with Gasteiger partial charge in [0.15, 0.2) is 5.96 Å². The minimum absolute atomic E-state index is 0.156. The van der Waals surface area contributed by atoms with Gasteiger partial charge in [-0.1, -0.05) is 20.8 Å². The number of aryl methyl sites for hydroxylation is 1. The first-order valence-electron chi connectivity index (χ1n) is 9.33. The van der Waals surface area contributed by atoms with E-state index in [-0.39, 0.29) is 11.5 Å². The third kappa shape index (κ3) is 5.96. The maximum atomic E-state index is 6.09. The molecule has 1 aromatic rings. The third-order valence-corrected chi connectivity index (χ3v) is 5.36. The first-order valence-corrected chi connectivity index (χ1v) is 10.2. The van der Waals surface area contributed by atoms with Crippen LogP contribution in [0.3, 0.4) is 0 Å². The van der Waals surface area contributed by atoms with Gasteiger partial charge in [-0.15, -0.1) is 11.3 Å². The molecule has 1 saturated heterocycles. The molecule has 2 heterocycles. The van der Waals surface area contributed by atoms with Gasteiger partial charge in [0.05, 0.1) is 23.4 Å². The fraction of sp³-hybridized carbons (Fsp3) is 0.789. The summed E-state index contributed by atoms with van der Waals surface area (Å²) in [4.78, 5) is 11.7. The van der Waals surface area contributed by atoms with E-state index in [0.29, 0.717) is 5.92 Å². The Kier molecular flexibility index (Phi) is 7.25. The summed E-state index contributed by atoms with van der Waals surface area (Å²) in [6.45, 7) is 14.3. The molecule has 2 unspecified atom stereocenters. The Morgan fingerprint density at radius 3 is 2.84 bits per heavy atom. The molecule has 1 N–H and O–H groups in total. The molecule has 142 valence electrons. The maximum Gasteiger partial charge on any atom is 0.194 e. The molecule has 0 radical (unpaired) electrons. The van der Waals surface area contributed by atoms with Crippen LogP contribution in [0.4, 0.5) is 0 Å². The number of nitrogens with zero attached hydrogens (tertiary/aromatic N) is 3. The van der Waals surface area contributed by atoms with Crippen molar-refractivity contribution in [2.75, 3.05) is 26.7 Å². The fourth-order valence-corrected chi connectivity index (χ4v) is 4.06. The quantitative estimate of drug-likeness (QED) is 0.638. The Labute approximate surface area is 156 Å². The van der Waals surface area contributed by atoms with Crippen molar-refractivity contribution in [2.45, 2.75) is 60.1 Å². The van der Waals surface area contributed by atoms with Gasteiger partial charge in [0.25, 0.3) is 0 Å². The lowest BCUT2D eigenvalue weighted by molar-refractivity contribution is -0.0824. The summed E-state index contributed by atoms with van der Waals surface area (Å²) in [6.07, 6.45) is 2.61. The van der Waals surface area contributed by atoms with E-state index in [1.54, 1.807) is 11.3 Å². The molecule has 5 nitrogen and oxygen atoms in total. The Bertz CT molecular complexity index is 564. The molecular weight excluding hydrogens is 332 g/mol. The Morgan fingerprint density at radius 2 is 2.24 bits per heavy atom. The molecule has 1 fully saturated rings. The van der Waals surface area contributed by atoms with Crippen LogP contribution in [0.25, 0.3) is 0 Å². The van der Waals surface area contributed by atoms with Crippen LogP contribution in [0.1, 0.15) is 51.2 Å². The van der Waals surface area contributed by atoms with Crippen LogP contribution < -0.4 is 5.32 Å². The number of aliphatic imine (C=N–C) groups is 1. The van der Waals surface area contributed by atoms with Crippen molar-refractivity contribution in [1.82, 2.24) is 15.2 Å². The molecule has 2 atom stereocenters. The van der Waals surface area contributed by atoms with Crippen LogP contribution >= 0.6 is 11.3 Å². The number of nitrogens with one attached hydrogen (secondary N) is 1. The standard InChI is InChI=1S/C19H34N4OS/c1-7-20-18(23(6)12-16-13-25-14(2)22-16)21-11-15-9-8-10-24-17(15)19(3,4)5/h13,15,17H,7-12H2,1-6H3,(H,20,21). The Morgan fingerprint density at radius 1 is 1.48 bits per heavy atom. The zero-order valence-corrected chi connectivity index (χ0v) is 17.4. The molecule has 0 aliphatic carbocycles. The predicted molar refractivity (Wildman–Crippen MR) is 106 cm³/mol. The number of thiazole rings is 1. The smallest absolute Gasteiger partial charge is 0.194 e. The highest BCUT2D eigenvalue weighted by molar-refractivity contribution is 7.09. The second-order valence-electron chi connectivity index (χ2n) is 7.97. The number of rotatable bonds is 5. The average molecular weight is 367 g/mol. The number of hydrogen-bond acceptors (Lipinski definition) is 4. The SMILES string of the molecule is CCNC(=NCC1CCCOC1C(C)(C)C)N(C)Cc1csc(C)n1. The Balaban J connectivity index is 2.04. The zero-order chi connectivity index (χ0) is 18.4. The molecule has 25 heavy (non-hydrogen) atoms. The van der Waals surface area contributed by atoms with Crippen molar-refractivity contribution in [3.05, 3.63) is 16.1 Å². The normalized spacial score (nSPS) is 22.1. The highest BCUT2D eigenvalue weighted by Gasteiger charge is 2.35. The topological polar surface area (TPSA) is 49.8 Å². The van der Waals surface area contributed by atoms with Crippen molar-refractivity contribution in [2.24, 2.45) is 16.3 Å². The largest absolute Gasteiger partial charge is 0.377 e. The molecular formula is C19H34N4OS. The van der Waals surface area contributed by atoms with Gasteiger partial charge in [0.2, 0.25) is 0 Å². The number of aromatic nitrogens is 1. The van der Waals surface area contributed by atoms with Gasteiger partial charge in [-0.2, -0.15) is 0 Å². The van der Waals surface area contributed by atoms with E-state index >= 15 is 0 Å². The summed E-state index contributed by atoms with van der Waals surface area (Å²) in [5.74, 6) is 1.43. The van der Waals surface area contributed by atoms with Crippen molar-refractivity contribution >= 4 is 17.3 Å². The van der Waals surface area contributed by atoms with Crippen LogP contribution in [-0.2, 0) is 11.3 Å². The van der Waals surface area contributed by atoms with E-state index in [9.17, 15) is 0 Å². The van der Waals surface area contributed by atoms with E-state index in [0.717, 1.165) is 49.3 Å². The number of hydrogen-bond donors (Lipinski definition) is 1. The molecule has 2 rings (SSSR count). The van der Waals surface area contributed by atoms with E-state index in [1.807, 2.05) is 6.92 Å². The van der Waals surface area contributed by atoms with Gasteiger partial charge in [0.1, 0.15) is 0 Å². The monoisotopic (exact) mass is 366 g/mol. The highest BCUT2D eigenvalue weighted by atomic mass is 32.1. The summed E-state index contributed by atoms with van der Waals surface area (Å²) in [7, 11) is 2.08. The Hall–Kier alpha value is -1.14. The van der Waals surface area contributed by atoms with Gasteiger partial charge in [-0.05, 0) is 32.1 Å². The summed E-state index contributed by atoms with van der Waals surface area (Å²) in [5.41, 5.74) is 1.26. The number of ether oxygens (including phenoxy) is 1. The van der Waals surface area contributed by atoms with Crippen molar-refractivity contribution in [1.29, 1.82) is 0 Å². The van der Waals surface area contributed by atoms with Gasteiger partial charge in [-0.3, -0.25) is 4.99 Å². The first kappa shape index (κ1) is 20.2. The molecule has 6 heteroatoms. The summed E-state index contributed by atoms with van der Waals surface area (Å²) in [5, 5.41) is 6.65. The van der Waals surface area contributed by atoms with Crippen molar-refractivity contribution in [3.63, 3.8) is 0 Å². The van der Waals surface area contributed by atoms with Gasteiger partial charge in [-0.25, -0.2) is 4.98 Å². The van der Waals surface area contributed by atoms with Crippen LogP contribution in [-0.4, -0.2) is 48.7 Å². The number of guanidine groups is 1. The summed E-state index contributed by atoms with van der Waals surface area (Å²) < 4.78 is 6.09. The molecule has 1 aromatic heterocycles. The average Bonchev–Trinajstić information content (AvgIpc) is 2.95. The van der Waals surface area contributed by atoms with Gasteiger partial charge in [0, 0.05) is 38.0 Å². The minimum Gasteiger partial charge on any atom is -0.377 e. The summed E-state index contributed by atoms with van der Waals surface area (Å²) in [6, 6.07) is 0. The first-order chi connectivity index (χ1) is 11.8. The molecule has 1 aliphatic heterocycles. The van der Waals surface area contributed by atoms with Crippen molar-refractivity contribution in [3.8, 4) is 0 Å². The minimum atomic E-state index is 0.156. The molecule has 0 bridgehead atoms. The second-order valence-corrected chi connectivity index (χ2v) is 9.03. The van der Waals surface area contributed by atoms with E-state index in [1.165, 1.54) is 6.42 Å². The van der Waals surface area contributed by atoms with E-state index in [4.69, 9.17) is 9.73 Å². The second kappa shape index (κ2) is 8.99. The van der Waals surface area contributed by atoms with Crippen LogP contribution in [0.15, 0.2) is 10.4 Å². The van der Waals surface area contributed by atoms with Crippen LogP contribution in [0.5, 0.6) is 0 Å². The summed E-state index contributed by atoms with van der Waals surface area (Å²) >= 11 is 1.70. The van der Waals surface area contributed by atoms with Gasteiger partial charge < -0.3 is 15.0 Å². The van der Waals surface area contributed by atoms with Gasteiger partial charge >= 0.3 is 0 Å². The molecule has 0 amide bonds. The zero-order valence-electron chi connectivity index (χ0n) is 16.6. The molecule has 0 aromatic carbocycles. The lowest BCUT2D eigenvalue weighted by atomic mass is 9.78. The molecule has 0 spiro atoms. The van der Waals surface area contributed by atoms with E-state index in [2.05, 4.69) is 55.3 Å².